The molecular weight excluding hydrogens is 218 g/mol. The van der Waals surface area contributed by atoms with E-state index in [2.05, 4.69) is 22.3 Å². The van der Waals surface area contributed by atoms with Crippen molar-refractivity contribution in [1.29, 1.82) is 0 Å². The lowest BCUT2D eigenvalue weighted by Crippen LogP contribution is -2.34. The number of hydrogen-bond donors (Lipinski definition) is 1. The standard InChI is InChI=1S/C12H19N3S/c1-13-10-5-3-2-4-6-11(10)16-12-7-8-14-9-15-12/h7-11,13H,2-6H2,1H3. The maximum atomic E-state index is 4.30. The van der Waals surface area contributed by atoms with Crippen molar-refractivity contribution in [3.8, 4) is 0 Å². The number of aromatic nitrogens is 2. The lowest BCUT2D eigenvalue weighted by molar-refractivity contribution is 0.510. The Morgan fingerprint density at radius 2 is 2.19 bits per heavy atom. The molecule has 2 unspecified atom stereocenters. The van der Waals surface area contributed by atoms with E-state index < -0.39 is 0 Å². The minimum Gasteiger partial charge on any atom is -0.316 e. The summed E-state index contributed by atoms with van der Waals surface area (Å²) in [6.07, 6.45) is 10.1. The molecule has 0 spiro atoms. The maximum absolute atomic E-state index is 4.30. The van der Waals surface area contributed by atoms with E-state index in [0.29, 0.717) is 11.3 Å². The molecule has 4 heteroatoms. The molecule has 1 aliphatic carbocycles. The van der Waals surface area contributed by atoms with Crippen LogP contribution >= 0.6 is 11.8 Å². The van der Waals surface area contributed by atoms with Crippen molar-refractivity contribution in [2.45, 2.75) is 48.4 Å². The van der Waals surface area contributed by atoms with Gasteiger partial charge in [0.15, 0.2) is 0 Å². The monoisotopic (exact) mass is 237 g/mol. The van der Waals surface area contributed by atoms with Gasteiger partial charge in [-0.05, 0) is 26.0 Å². The maximum Gasteiger partial charge on any atom is 0.116 e. The summed E-state index contributed by atoms with van der Waals surface area (Å²) in [5, 5.41) is 5.20. The highest BCUT2D eigenvalue weighted by Crippen LogP contribution is 2.31. The van der Waals surface area contributed by atoms with Crippen LogP contribution in [0.1, 0.15) is 32.1 Å². The van der Waals surface area contributed by atoms with E-state index in [1.54, 1.807) is 6.33 Å². The number of thioether (sulfide) groups is 1. The molecule has 16 heavy (non-hydrogen) atoms. The van der Waals surface area contributed by atoms with E-state index >= 15 is 0 Å². The van der Waals surface area contributed by atoms with Crippen LogP contribution in [0.5, 0.6) is 0 Å². The van der Waals surface area contributed by atoms with Gasteiger partial charge >= 0.3 is 0 Å². The molecule has 1 aromatic rings. The Morgan fingerprint density at radius 1 is 1.31 bits per heavy atom. The first-order valence-electron chi connectivity index (χ1n) is 6.00. The van der Waals surface area contributed by atoms with Gasteiger partial charge in [0, 0.05) is 17.5 Å². The molecule has 0 amide bonds. The molecule has 88 valence electrons. The van der Waals surface area contributed by atoms with Crippen LogP contribution in [0.25, 0.3) is 0 Å². The van der Waals surface area contributed by atoms with Crippen molar-refractivity contribution in [1.82, 2.24) is 15.3 Å². The van der Waals surface area contributed by atoms with Crippen LogP contribution in [-0.2, 0) is 0 Å². The van der Waals surface area contributed by atoms with Crippen LogP contribution in [-0.4, -0.2) is 28.3 Å². The molecule has 0 bridgehead atoms. The lowest BCUT2D eigenvalue weighted by Gasteiger charge is -2.23. The van der Waals surface area contributed by atoms with Crippen molar-refractivity contribution in [2.24, 2.45) is 0 Å². The normalized spacial score (nSPS) is 26.3. The molecule has 2 rings (SSSR count). The Kier molecular flexibility index (Phi) is 4.60. The third-order valence-corrected chi connectivity index (χ3v) is 4.50. The second-order valence-corrected chi connectivity index (χ2v) is 5.50. The Morgan fingerprint density at radius 3 is 2.94 bits per heavy atom. The quantitative estimate of drug-likeness (QED) is 0.647. The Hall–Kier alpha value is -0.610. The average Bonchev–Trinajstić information content (AvgIpc) is 2.55. The molecule has 1 N–H and O–H groups in total. The molecule has 0 aliphatic heterocycles. The molecule has 0 radical (unpaired) electrons. The van der Waals surface area contributed by atoms with E-state index in [9.17, 15) is 0 Å². The van der Waals surface area contributed by atoms with Gasteiger partial charge in [0.2, 0.25) is 0 Å². The fourth-order valence-corrected chi connectivity index (χ4v) is 3.53. The second kappa shape index (κ2) is 6.21. The van der Waals surface area contributed by atoms with E-state index in [1.165, 1.54) is 32.1 Å². The highest BCUT2D eigenvalue weighted by Gasteiger charge is 2.23. The molecule has 1 aromatic heterocycles. The summed E-state index contributed by atoms with van der Waals surface area (Å²) in [6, 6.07) is 2.63. The summed E-state index contributed by atoms with van der Waals surface area (Å²) in [6.45, 7) is 0. The van der Waals surface area contributed by atoms with E-state index in [1.807, 2.05) is 24.0 Å². The fraction of sp³-hybridized carbons (Fsp3) is 0.667. The number of rotatable bonds is 3. The van der Waals surface area contributed by atoms with Crippen LogP contribution < -0.4 is 5.32 Å². The molecule has 1 saturated carbocycles. The molecular formula is C12H19N3S. The first-order valence-corrected chi connectivity index (χ1v) is 6.88. The van der Waals surface area contributed by atoms with Gasteiger partial charge in [0.05, 0.1) is 5.03 Å². The van der Waals surface area contributed by atoms with Gasteiger partial charge in [-0.2, -0.15) is 0 Å². The van der Waals surface area contributed by atoms with Gasteiger partial charge in [-0.3, -0.25) is 0 Å². The zero-order valence-corrected chi connectivity index (χ0v) is 10.5. The van der Waals surface area contributed by atoms with Gasteiger partial charge < -0.3 is 5.32 Å². The second-order valence-electron chi connectivity index (χ2n) is 4.24. The fourth-order valence-electron chi connectivity index (χ4n) is 2.25. The first kappa shape index (κ1) is 11.9. The largest absolute Gasteiger partial charge is 0.316 e. The van der Waals surface area contributed by atoms with Crippen molar-refractivity contribution in [2.75, 3.05) is 7.05 Å². The molecule has 0 saturated heterocycles. The minimum absolute atomic E-state index is 0.627. The van der Waals surface area contributed by atoms with Crippen LogP contribution in [0.4, 0.5) is 0 Å². The molecule has 1 heterocycles. The van der Waals surface area contributed by atoms with Gasteiger partial charge in [-0.1, -0.05) is 19.3 Å². The van der Waals surface area contributed by atoms with Crippen molar-refractivity contribution >= 4 is 11.8 Å². The van der Waals surface area contributed by atoms with Crippen molar-refractivity contribution in [3.05, 3.63) is 18.6 Å². The zero-order chi connectivity index (χ0) is 11.2. The van der Waals surface area contributed by atoms with Crippen LogP contribution in [0.15, 0.2) is 23.6 Å². The highest BCUT2D eigenvalue weighted by atomic mass is 32.2. The summed E-state index contributed by atoms with van der Waals surface area (Å²) in [5.41, 5.74) is 0. The summed E-state index contributed by atoms with van der Waals surface area (Å²) < 4.78 is 0. The number of nitrogens with one attached hydrogen (secondary N) is 1. The number of hydrogen-bond acceptors (Lipinski definition) is 4. The predicted octanol–water partition coefficient (Wildman–Crippen LogP) is 2.49. The van der Waals surface area contributed by atoms with Crippen molar-refractivity contribution in [3.63, 3.8) is 0 Å². The highest BCUT2D eigenvalue weighted by molar-refractivity contribution is 7.99. The van der Waals surface area contributed by atoms with Crippen LogP contribution in [0.2, 0.25) is 0 Å². The van der Waals surface area contributed by atoms with E-state index in [0.717, 1.165) is 5.03 Å². The molecule has 3 nitrogen and oxygen atoms in total. The number of nitrogens with zero attached hydrogens (tertiary/aromatic N) is 2. The van der Waals surface area contributed by atoms with Gasteiger partial charge in [-0.25, -0.2) is 9.97 Å². The zero-order valence-electron chi connectivity index (χ0n) is 9.72. The summed E-state index contributed by atoms with van der Waals surface area (Å²) >= 11 is 1.90. The average molecular weight is 237 g/mol. The van der Waals surface area contributed by atoms with Crippen LogP contribution in [0, 0.1) is 0 Å². The molecule has 2 atom stereocenters. The van der Waals surface area contributed by atoms with E-state index in [-0.39, 0.29) is 0 Å². The topological polar surface area (TPSA) is 37.8 Å². The molecule has 1 fully saturated rings. The Bertz CT molecular complexity index is 304. The van der Waals surface area contributed by atoms with Crippen molar-refractivity contribution < 1.29 is 0 Å². The van der Waals surface area contributed by atoms with Gasteiger partial charge in [0.25, 0.3) is 0 Å². The third kappa shape index (κ3) is 3.19. The first-order chi connectivity index (χ1) is 7.90. The molecule has 0 aromatic carbocycles. The van der Waals surface area contributed by atoms with E-state index in [4.69, 9.17) is 0 Å². The Labute approximate surface area is 101 Å². The SMILES string of the molecule is CNC1CCCCCC1Sc1ccncn1. The van der Waals surface area contributed by atoms with Crippen LogP contribution in [0.3, 0.4) is 0 Å². The lowest BCUT2D eigenvalue weighted by atomic mass is 10.1. The predicted molar refractivity (Wildman–Crippen MR) is 67.6 cm³/mol. The Balaban J connectivity index is 2.00. The van der Waals surface area contributed by atoms with Gasteiger partial charge in [0.1, 0.15) is 6.33 Å². The minimum atomic E-state index is 0.627. The van der Waals surface area contributed by atoms with Gasteiger partial charge in [-0.15, -0.1) is 11.8 Å². The summed E-state index contributed by atoms with van der Waals surface area (Å²) in [4.78, 5) is 8.25. The summed E-state index contributed by atoms with van der Waals surface area (Å²) in [7, 11) is 2.07. The smallest absolute Gasteiger partial charge is 0.116 e. The third-order valence-electron chi connectivity index (χ3n) is 3.15. The molecule has 1 aliphatic rings. The summed E-state index contributed by atoms with van der Waals surface area (Å²) in [5.74, 6) is 0.